The van der Waals surface area contributed by atoms with Crippen molar-refractivity contribution in [3.8, 4) is 0 Å². The minimum absolute atomic E-state index is 0.0534. The average Bonchev–Trinajstić information content (AvgIpc) is 2.63. The number of guanidine groups is 1. The molecule has 1 heterocycles. The minimum atomic E-state index is 0.0534. The van der Waals surface area contributed by atoms with Crippen LogP contribution in [0.15, 0.2) is 64.5 Å². The summed E-state index contributed by atoms with van der Waals surface area (Å²) >= 11 is 0. The number of unbranched alkanes of at least 4 members (excludes halogenated alkanes) is 1. The monoisotopic (exact) mass is 340 g/mol. The van der Waals surface area contributed by atoms with Crippen molar-refractivity contribution in [3.05, 3.63) is 70.6 Å². The predicted molar refractivity (Wildman–Crippen MR) is 104 cm³/mol. The normalized spacial score (nSPS) is 12.6. The largest absolute Gasteiger partial charge is 0.357 e. The molecule has 0 bridgehead atoms. The molecular weight excluding hydrogens is 312 g/mol. The molecule has 0 aliphatic carbocycles. The summed E-state index contributed by atoms with van der Waals surface area (Å²) in [5.41, 5.74) is 1.29. The molecule has 1 unspecified atom stereocenters. The number of aromatic nitrogens is 1. The van der Waals surface area contributed by atoms with Crippen LogP contribution in [0, 0.1) is 0 Å². The number of rotatable bonds is 8. The Labute approximate surface area is 149 Å². The van der Waals surface area contributed by atoms with Crippen molar-refractivity contribution in [2.24, 2.45) is 4.99 Å². The van der Waals surface area contributed by atoms with Gasteiger partial charge in [0.2, 0.25) is 5.56 Å². The molecule has 25 heavy (non-hydrogen) atoms. The van der Waals surface area contributed by atoms with Gasteiger partial charge in [0.05, 0.1) is 6.04 Å². The molecule has 5 nitrogen and oxygen atoms in total. The first-order chi connectivity index (χ1) is 12.2. The lowest BCUT2D eigenvalue weighted by atomic mass is 10.1. The maximum absolute atomic E-state index is 11.6. The first kappa shape index (κ1) is 18.8. The molecule has 1 aromatic carbocycles. The second-order valence-corrected chi connectivity index (χ2v) is 5.98. The van der Waals surface area contributed by atoms with Crippen LogP contribution in [0.3, 0.4) is 0 Å². The van der Waals surface area contributed by atoms with Gasteiger partial charge in [-0.15, -0.1) is 0 Å². The van der Waals surface area contributed by atoms with E-state index in [1.807, 2.05) is 30.5 Å². The molecule has 0 spiro atoms. The van der Waals surface area contributed by atoms with Crippen molar-refractivity contribution >= 4 is 5.96 Å². The van der Waals surface area contributed by atoms with Crippen LogP contribution in [0.25, 0.3) is 0 Å². The van der Waals surface area contributed by atoms with E-state index in [-0.39, 0.29) is 11.6 Å². The van der Waals surface area contributed by atoms with Gasteiger partial charge in [-0.1, -0.05) is 36.4 Å². The highest BCUT2D eigenvalue weighted by Gasteiger charge is 2.06. The van der Waals surface area contributed by atoms with Gasteiger partial charge in [0.25, 0.3) is 0 Å². The van der Waals surface area contributed by atoms with E-state index in [0.717, 1.165) is 38.4 Å². The van der Waals surface area contributed by atoms with Gasteiger partial charge in [0, 0.05) is 31.9 Å². The molecule has 2 N–H and O–H groups in total. The van der Waals surface area contributed by atoms with Gasteiger partial charge in [-0.05, 0) is 38.3 Å². The smallest absolute Gasteiger partial charge is 0.250 e. The van der Waals surface area contributed by atoms with E-state index in [1.54, 1.807) is 16.7 Å². The molecule has 0 radical (unpaired) electrons. The summed E-state index contributed by atoms with van der Waals surface area (Å²) in [7, 11) is 0. The second-order valence-electron chi connectivity index (χ2n) is 5.98. The van der Waals surface area contributed by atoms with Crippen LogP contribution in [-0.4, -0.2) is 23.6 Å². The van der Waals surface area contributed by atoms with Crippen LogP contribution in [0.4, 0.5) is 0 Å². The number of hydrogen-bond acceptors (Lipinski definition) is 2. The molecular formula is C20H28N4O. The quantitative estimate of drug-likeness (QED) is 0.441. The van der Waals surface area contributed by atoms with Crippen LogP contribution in [0.5, 0.6) is 0 Å². The number of pyridine rings is 1. The maximum Gasteiger partial charge on any atom is 0.250 e. The molecule has 0 aliphatic heterocycles. The van der Waals surface area contributed by atoms with Crippen molar-refractivity contribution in [1.29, 1.82) is 0 Å². The second kappa shape index (κ2) is 10.3. The van der Waals surface area contributed by atoms with Crippen LogP contribution < -0.4 is 16.2 Å². The summed E-state index contributed by atoms with van der Waals surface area (Å²) in [6.07, 6.45) is 3.71. The lowest BCUT2D eigenvalue weighted by Crippen LogP contribution is -2.38. The average molecular weight is 340 g/mol. The molecule has 0 amide bonds. The number of aryl methyl sites for hydroxylation is 1. The molecule has 5 heteroatoms. The highest BCUT2D eigenvalue weighted by Crippen LogP contribution is 2.10. The molecule has 2 rings (SSSR count). The van der Waals surface area contributed by atoms with E-state index in [4.69, 9.17) is 0 Å². The van der Waals surface area contributed by atoms with Crippen molar-refractivity contribution in [2.75, 3.05) is 13.1 Å². The van der Waals surface area contributed by atoms with Gasteiger partial charge >= 0.3 is 0 Å². The van der Waals surface area contributed by atoms with Gasteiger partial charge < -0.3 is 15.2 Å². The number of aliphatic imine (C=N–C) groups is 1. The van der Waals surface area contributed by atoms with Crippen molar-refractivity contribution in [2.45, 2.75) is 39.3 Å². The Morgan fingerprint density at radius 2 is 1.88 bits per heavy atom. The van der Waals surface area contributed by atoms with Crippen LogP contribution >= 0.6 is 0 Å². The van der Waals surface area contributed by atoms with Gasteiger partial charge in [-0.2, -0.15) is 0 Å². The summed E-state index contributed by atoms with van der Waals surface area (Å²) < 4.78 is 1.74. The first-order valence-electron chi connectivity index (χ1n) is 8.96. The van der Waals surface area contributed by atoms with E-state index in [2.05, 4.69) is 41.6 Å². The van der Waals surface area contributed by atoms with E-state index < -0.39 is 0 Å². The van der Waals surface area contributed by atoms with E-state index in [9.17, 15) is 4.79 Å². The highest BCUT2D eigenvalue weighted by molar-refractivity contribution is 5.80. The topological polar surface area (TPSA) is 58.4 Å². The zero-order valence-electron chi connectivity index (χ0n) is 15.1. The summed E-state index contributed by atoms with van der Waals surface area (Å²) in [5.74, 6) is 0.829. The van der Waals surface area contributed by atoms with Gasteiger partial charge in [-0.3, -0.25) is 9.79 Å². The molecule has 0 saturated carbocycles. The minimum Gasteiger partial charge on any atom is -0.357 e. The van der Waals surface area contributed by atoms with Crippen LogP contribution in [0.1, 0.15) is 38.3 Å². The summed E-state index contributed by atoms with van der Waals surface area (Å²) in [4.78, 5) is 16.3. The molecule has 0 fully saturated rings. The Kier molecular flexibility index (Phi) is 7.76. The van der Waals surface area contributed by atoms with Crippen molar-refractivity contribution in [1.82, 2.24) is 15.2 Å². The third kappa shape index (κ3) is 6.45. The lowest BCUT2D eigenvalue weighted by Gasteiger charge is -2.18. The molecule has 134 valence electrons. The Morgan fingerprint density at radius 1 is 1.12 bits per heavy atom. The molecule has 0 aliphatic rings. The molecule has 1 atom stereocenters. The maximum atomic E-state index is 11.6. The number of nitrogens with zero attached hydrogens (tertiary/aromatic N) is 2. The Balaban J connectivity index is 1.81. The van der Waals surface area contributed by atoms with Crippen molar-refractivity contribution in [3.63, 3.8) is 0 Å². The fraction of sp³-hybridized carbons (Fsp3) is 0.400. The van der Waals surface area contributed by atoms with Gasteiger partial charge in [0.1, 0.15) is 0 Å². The Morgan fingerprint density at radius 3 is 2.60 bits per heavy atom. The van der Waals surface area contributed by atoms with Crippen molar-refractivity contribution < 1.29 is 0 Å². The first-order valence-corrected chi connectivity index (χ1v) is 8.96. The third-order valence-electron chi connectivity index (χ3n) is 3.97. The summed E-state index contributed by atoms with van der Waals surface area (Å²) in [6.45, 7) is 6.49. The standard InChI is InChI=1S/C20H28N4O/c1-3-21-20(23-17(2)18-11-5-4-6-12-18)22-14-8-10-16-24-15-9-7-13-19(24)25/h4-7,9,11-13,15,17H,3,8,10,14,16H2,1-2H3,(H2,21,22,23). The van der Waals surface area contributed by atoms with E-state index in [0.29, 0.717) is 0 Å². The van der Waals surface area contributed by atoms with Crippen LogP contribution in [-0.2, 0) is 6.54 Å². The lowest BCUT2D eigenvalue weighted by molar-refractivity contribution is 0.596. The molecule has 1 aromatic heterocycles. The van der Waals surface area contributed by atoms with E-state index >= 15 is 0 Å². The van der Waals surface area contributed by atoms with E-state index in [1.165, 1.54) is 5.56 Å². The fourth-order valence-electron chi connectivity index (χ4n) is 2.58. The van der Waals surface area contributed by atoms with Gasteiger partial charge in [0.15, 0.2) is 5.96 Å². The SMILES string of the molecule is CCNC(=NCCCCn1ccccc1=O)NC(C)c1ccccc1. The third-order valence-corrected chi connectivity index (χ3v) is 3.97. The summed E-state index contributed by atoms with van der Waals surface area (Å²) in [5, 5.41) is 6.72. The Bertz CT molecular complexity index is 709. The number of nitrogens with one attached hydrogen (secondary N) is 2. The fourth-order valence-corrected chi connectivity index (χ4v) is 2.58. The number of benzene rings is 1. The predicted octanol–water partition coefficient (Wildman–Crippen LogP) is 2.94. The molecule has 0 saturated heterocycles. The van der Waals surface area contributed by atoms with Gasteiger partial charge in [-0.25, -0.2) is 0 Å². The van der Waals surface area contributed by atoms with Crippen LogP contribution in [0.2, 0.25) is 0 Å². The highest BCUT2D eigenvalue weighted by atomic mass is 16.1. The molecule has 2 aromatic rings. The zero-order chi connectivity index (χ0) is 17.9. The summed E-state index contributed by atoms with van der Waals surface area (Å²) in [6, 6.07) is 15.8. The Hall–Kier alpha value is -2.56. The zero-order valence-corrected chi connectivity index (χ0v) is 15.1. The number of hydrogen-bond donors (Lipinski definition) is 2.